The van der Waals surface area contributed by atoms with E-state index in [2.05, 4.69) is 5.32 Å². The zero-order valence-corrected chi connectivity index (χ0v) is 16.0. The van der Waals surface area contributed by atoms with Gasteiger partial charge in [0.05, 0.1) is 5.75 Å². The fraction of sp³-hybridized carbons (Fsp3) is 0.0909. The van der Waals surface area contributed by atoms with Gasteiger partial charge >= 0.3 is 0 Å². The number of halogens is 2. The molecule has 3 aromatic rings. The minimum absolute atomic E-state index is 0.0840. The number of anilines is 2. The monoisotopic (exact) mass is 410 g/mol. The van der Waals surface area contributed by atoms with Crippen LogP contribution in [-0.4, -0.2) is 17.6 Å². The Labute approximate surface area is 170 Å². The van der Waals surface area contributed by atoms with Crippen LogP contribution in [0.5, 0.6) is 0 Å². The molecule has 1 atom stereocenters. The second-order valence-corrected chi connectivity index (χ2v) is 7.56. The molecular formula is C22H16F2N2O2S. The van der Waals surface area contributed by atoms with Crippen LogP contribution in [0, 0.1) is 11.6 Å². The van der Waals surface area contributed by atoms with Crippen molar-refractivity contribution in [1.29, 1.82) is 0 Å². The lowest BCUT2D eigenvalue weighted by molar-refractivity contribution is -0.115. The standard InChI is InChI=1S/C22H16F2N2O2S/c23-16-8-4-14(5-9-16)21(28)25-18-10-6-15(7-11-18)22-26(20(27)13-29-22)19-3-1-2-17(24)12-19/h1-12,22H,13H2,(H,25,28)/t22-/m0/s1. The second kappa shape index (κ2) is 8.05. The second-order valence-electron chi connectivity index (χ2n) is 6.49. The van der Waals surface area contributed by atoms with Gasteiger partial charge in [-0.15, -0.1) is 11.8 Å². The number of hydrogen-bond donors (Lipinski definition) is 1. The van der Waals surface area contributed by atoms with E-state index in [0.29, 0.717) is 22.7 Å². The molecule has 0 saturated carbocycles. The molecule has 1 heterocycles. The van der Waals surface area contributed by atoms with E-state index in [1.165, 1.54) is 48.2 Å². The van der Waals surface area contributed by atoms with Gasteiger partial charge in [0.1, 0.15) is 17.0 Å². The summed E-state index contributed by atoms with van der Waals surface area (Å²) in [6, 6.07) is 18.4. The van der Waals surface area contributed by atoms with Crippen molar-refractivity contribution in [3.63, 3.8) is 0 Å². The van der Waals surface area contributed by atoms with Gasteiger partial charge < -0.3 is 5.32 Å². The van der Waals surface area contributed by atoms with Gasteiger partial charge in [0.25, 0.3) is 5.91 Å². The van der Waals surface area contributed by atoms with Gasteiger partial charge in [-0.1, -0.05) is 18.2 Å². The highest BCUT2D eigenvalue weighted by Crippen LogP contribution is 2.42. The Hall–Kier alpha value is -3.19. The first-order chi connectivity index (χ1) is 14.0. The molecule has 4 nitrogen and oxygen atoms in total. The van der Waals surface area contributed by atoms with Crippen LogP contribution in [0.1, 0.15) is 21.3 Å². The van der Waals surface area contributed by atoms with E-state index >= 15 is 0 Å². The highest BCUT2D eigenvalue weighted by Gasteiger charge is 2.34. The highest BCUT2D eigenvalue weighted by atomic mass is 32.2. The van der Waals surface area contributed by atoms with E-state index in [9.17, 15) is 18.4 Å². The molecule has 3 aromatic carbocycles. The van der Waals surface area contributed by atoms with Gasteiger partial charge in [0.2, 0.25) is 5.91 Å². The van der Waals surface area contributed by atoms with Crippen LogP contribution >= 0.6 is 11.8 Å². The average molecular weight is 410 g/mol. The molecule has 1 aliphatic heterocycles. The fourth-order valence-electron chi connectivity index (χ4n) is 3.11. The zero-order chi connectivity index (χ0) is 20.4. The normalized spacial score (nSPS) is 16.1. The van der Waals surface area contributed by atoms with E-state index in [1.807, 2.05) is 12.1 Å². The maximum atomic E-state index is 13.6. The minimum Gasteiger partial charge on any atom is -0.322 e. The number of amides is 2. The highest BCUT2D eigenvalue weighted by molar-refractivity contribution is 8.00. The molecule has 1 saturated heterocycles. The Morgan fingerprint density at radius 2 is 1.69 bits per heavy atom. The minimum atomic E-state index is -0.405. The number of hydrogen-bond acceptors (Lipinski definition) is 3. The van der Waals surface area contributed by atoms with Crippen LogP contribution in [0.15, 0.2) is 72.8 Å². The van der Waals surface area contributed by atoms with Crippen LogP contribution in [0.4, 0.5) is 20.2 Å². The zero-order valence-electron chi connectivity index (χ0n) is 15.1. The lowest BCUT2D eigenvalue weighted by atomic mass is 10.1. The predicted octanol–water partition coefficient (Wildman–Crippen LogP) is 5.00. The largest absolute Gasteiger partial charge is 0.322 e. The molecule has 0 spiro atoms. The molecule has 0 aliphatic carbocycles. The Kier molecular flexibility index (Phi) is 5.31. The maximum Gasteiger partial charge on any atom is 0.255 e. The number of benzene rings is 3. The first-order valence-corrected chi connectivity index (χ1v) is 9.92. The van der Waals surface area contributed by atoms with Crippen molar-refractivity contribution >= 4 is 35.0 Å². The first kappa shape index (κ1) is 19.1. The third-order valence-electron chi connectivity index (χ3n) is 4.51. The third-order valence-corrected chi connectivity index (χ3v) is 5.73. The molecule has 146 valence electrons. The van der Waals surface area contributed by atoms with E-state index in [4.69, 9.17) is 0 Å². The summed E-state index contributed by atoms with van der Waals surface area (Å²) in [6.07, 6.45) is 0. The lowest BCUT2D eigenvalue weighted by Gasteiger charge is -2.24. The predicted molar refractivity (Wildman–Crippen MR) is 110 cm³/mol. The van der Waals surface area contributed by atoms with Crippen molar-refractivity contribution in [1.82, 2.24) is 0 Å². The SMILES string of the molecule is O=C(Nc1ccc([C@@H]2SCC(=O)N2c2cccc(F)c2)cc1)c1ccc(F)cc1. The Morgan fingerprint density at radius 3 is 2.38 bits per heavy atom. The topological polar surface area (TPSA) is 49.4 Å². The molecule has 0 unspecified atom stereocenters. The van der Waals surface area contributed by atoms with Crippen molar-refractivity contribution in [3.8, 4) is 0 Å². The number of thioether (sulfide) groups is 1. The van der Waals surface area contributed by atoms with Gasteiger partial charge in [-0.25, -0.2) is 8.78 Å². The maximum absolute atomic E-state index is 13.6. The van der Waals surface area contributed by atoms with Crippen LogP contribution in [0.25, 0.3) is 0 Å². The Morgan fingerprint density at radius 1 is 0.966 bits per heavy atom. The summed E-state index contributed by atoms with van der Waals surface area (Å²) in [4.78, 5) is 26.2. The van der Waals surface area contributed by atoms with Crippen molar-refractivity contribution in [3.05, 3.63) is 95.6 Å². The molecule has 0 radical (unpaired) electrons. The number of nitrogens with zero attached hydrogens (tertiary/aromatic N) is 1. The van der Waals surface area contributed by atoms with E-state index in [1.54, 1.807) is 29.2 Å². The van der Waals surface area contributed by atoms with E-state index < -0.39 is 11.6 Å². The van der Waals surface area contributed by atoms with Crippen molar-refractivity contribution in [2.45, 2.75) is 5.37 Å². The van der Waals surface area contributed by atoms with Gasteiger partial charge in [-0.05, 0) is 60.2 Å². The smallest absolute Gasteiger partial charge is 0.255 e. The van der Waals surface area contributed by atoms with Crippen LogP contribution in [0.2, 0.25) is 0 Å². The number of nitrogens with one attached hydrogen (secondary N) is 1. The molecule has 7 heteroatoms. The number of rotatable bonds is 4. The van der Waals surface area contributed by atoms with E-state index in [-0.39, 0.29) is 17.2 Å². The van der Waals surface area contributed by atoms with Gasteiger partial charge in [0, 0.05) is 16.9 Å². The molecule has 0 aromatic heterocycles. The summed E-state index contributed by atoms with van der Waals surface area (Å²) < 4.78 is 26.6. The van der Waals surface area contributed by atoms with Crippen molar-refractivity contribution < 1.29 is 18.4 Å². The van der Waals surface area contributed by atoms with Crippen LogP contribution < -0.4 is 10.2 Å². The van der Waals surface area contributed by atoms with Crippen LogP contribution in [-0.2, 0) is 4.79 Å². The van der Waals surface area contributed by atoms with Gasteiger partial charge in [0.15, 0.2) is 0 Å². The molecule has 1 aliphatic rings. The fourth-order valence-corrected chi connectivity index (χ4v) is 4.29. The van der Waals surface area contributed by atoms with Gasteiger partial charge in [-0.2, -0.15) is 0 Å². The molecule has 4 rings (SSSR count). The molecule has 1 N–H and O–H groups in total. The Balaban J connectivity index is 1.51. The number of carbonyl (C=O) groups is 2. The quantitative estimate of drug-likeness (QED) is 0.659. The Bertz CT molecular complexity index is 1060. The summed E-state index contributed by atoms with van der Waals surface area (Å²) in [5, 5.41) is 2.48. The van der Waals surface area contributed by atoms with Crippen molar-refractivity contribution in [2.75, 3.05) is 16.0 Å². The molecule has 2 amide bonds. The van der Waals surface area contributed by atoms with Crippen molar-refractivity contribution in [2.24, 2.45) is 0 Å². The summed E-state index contributed by atoms with van der Waals surface area (Å²) in [6.45, 7) is 0. The first-order valence-electron chi connectivity index (χ1n) is 8.87. The molecular weight excluding hydrogens is 394 g/mol. The molecule has 0 bridgehead atoms. The van der Waals surface area contributed by atoms with Gasteiger partial charge in [-0.3, -0.25) is 14.5 Å². The summed E-state index contributed by atoms with van der Waals surface area (Å²) in [5.41, 5.74) is 2.31. The van der Waals surface area contributed by atoms with E-state index in [0.717, 1.165) is 5.56 Å². The lowest BCUT2D eigenvalue weighted by Crippen LogP contribution is -2.27. The van der Waals surface area contributed by atoms with Crippen LogP contribution in [0.3, 0.4) is 0 Å². The molecule has 29 heavy (non-hydrogen) atoms. The average Bonchev–Trinajstić information content (AvgIpc) is 3.10. The number of carbonyl (C=O) groups excluding carboxylic acids is 2. The summed E-state index contributed by atoms with van der Waals surface area (Å²) in [5.74, 6) is -0.921. The third kappa shape index (κ3) is 4.14. The molecule has 1 fully saturated rings. The summed E-state index contributed by atoms with van der Waals surface area (Å²) in [7, 11) is 0. The summed E-state index contributed by atoms with van der Waals surface area (Å²) >= 11 is 1.46.